The lowest BCUT2D eigenvalue weighted by atomic mass is 10.0. The number of nitrogens with zero attached hydrogens (tertiary/aromatic N) is 2. The topological polar surface area (TPSA) is 9.86 Å². The van der Waals surface area contributed by atoms with Crippen LogP contribution in [0.5, 0.6) is 0 Å². The van der Waals surface area contributed by atoms with E-state index < -0.39 is 0 Å². The van der Waals surface area contributed by atoms with E-state index in [0.29, 0.717) is 0 Å². The van der Waals surface area contributed by atoms with Crippen molar-refractivity contribution in [3.8, 4) is 22.5 Å². The lowest BCUT2D eigenvalue weighted by molar-refractivity contribution is 1.18. The number of hydrogen-bond acceptors (Lipinski definition) is 1. The van der Waals surface area contributed by atoms with Crippen LogP contribution in [0.4, 0.5) is 0 Å². The third-order valence-corrected chi connectivity index (χ3v) is 7.70. The van der Waals surface area contributed by atoms with Gasteiger partial charge >= 0.3 is 0 Å². The summed E-state index contributed by atoms with van der Waals surface area (Å²) in [7, 11) is 0. The zero-order valence-corrected chi connectivity index (χ0v) is 23.1. The third kappa shape index (κ3) is 3.82. The molecule has 192 valence electrons. The molecule has 0 bridgehead atoms. The van der Waals surface area contributed by atoms with E-state index in [2.05, 4.69) is 167 Å². The van der Waals surface area contributed by atoms with Crippen LogP contribution in [-0.4, -0.2) is 15.4 Å². The maximum absolute atomic E-state index is 3.53. The van der Waals surface area contributed by atoms with Gasteiger partial charge < -0.3 is 9.13 Å². The predicted molar refractivity (Wildman–Crippen MR) is 175 cm³/mol. The van der Waals surface area contributed by atoms with Crippen LogP contribution < -0.4 is 0 Å². The molecule has 40 heavy (non-hydrogen) atoms. The Morgan fingerprint density at radius 2 is 0.800 bits per heavy atom. The molecule has 0 spiro atoms. The van der Waals surface area contributed by atoms with Crippen molar-refractivity contribution in [2.45, 2.75) is 0 Å². The van der Waals surface area contributed by atoms with Crippen molar-refractivity contribution in [3.05, 3.63) is 146 Å². The van der Waals surface area contributed by atoms with Crippen molar-refractivity contribution in [1.29, 1.82) is 0 Å². The number of fused-ring (bicyclic) bond motifs is 6. The second-order valence-corrected chi connectivity index (χ2v) is 9.84. The van der Waals surface area contributed by atoms with E-state index in [0.717, 1.165) is 0 Å². The number of benzene rings is 6. The Labute approximate surface area is 239 Å². The molecule has 6 aromatic carbocycles. The lowest BCUT2D eigenvalue weighted by Gasteiger charge is -2.11. The average Bonchev–Trinajstić information content (AvgIpc) is 3.55. The molecular weight excluding hydrogens is 504 g/mol. The molecule has 0 aliphatic carbocycles. The minimum Gasteiger partial charge on any atom is -0.309 e. The second kappa shape index (κ2) is 10.1. The van der Waals surface area contributed by atoms with Gasteiger partial charge in [0, 0.05) is 32.9 Å². The van der Waals surface area contributed by atoms with Gasteiger partial charge in [-0.2, -0.15) is 12.6 Å². The van der Waals surface area contributed by atoms with E-state index in [9.17, 15) is 0 Å². The molecular formula is C37H28N2S. The molecule has 0 aliphatic heterocycles. The van der Waals surface area contributed by atoms with E-state index in [1.54, 1.807) is 6.26 Å². The number of rotatable bonds is 3. The van der Waals surface area contributed by atoms with Crippen molar-refractivity contribution in [3.63, 3.8) is 0 Å². The van der Waals surface area contributed by atoms with E-state index in [4.69, 9.17) is 0 Å². The summed E-state index contributed by atoms with van der Waals surface area (Å²) in [6.07, 6.45) is 1.69. The summed E-state index contributed by atoms with van der Waals surface area (Å²) >= 11 is 3.53. The minimum absolute atomic E-state index is 1.17. The van der Waals surface area contributed by atoms with E-state index in [1.807, 2.05) is 0 Å². The molecule has 2 aromatic heterocycles. The number of para-hydroxylation sites is 4. The Morgan fingerprint density at radius 3 is 1.43 bits per heavy atom. The molecule has 0 amide bonds. The molecule has 0 saturated carbocycles. The molecule has 2 nitrogen and oxygen atoms in total. The third-order valence-electron chi connectivity index (χ3n) is 7.70. The molecule has 0 unspecified atom stereocenters. The van der Waals surface area contributed by atoms with Gasteiger partial charge in [-0.05, 0) is 72.0 Å². The fourth-order valence-corrected chi connectivity index (χ4v) is 6.03. The maximum atomic E-state index is 3.53. The van der Waals surface area contributed by atoms with Gasteiger partial charge in [0.2, 0.25) is 0 Å². The highest BCUT2D eigenvalue weighted by atomic mass is 32.1. The van der Waals surface area contributed by atoms with Gasteiger partial charge in [-0.3, -0.25) is 0 Å². The zero-order valence-electron chi connectivity index (χ0n) is 22.2. The van der Waals surface area contributed by atoms with Gasteiger partial charge in [0.05, 0.1) is 22.1 Å². The van der Waals surface area contributed by atoms with Crippen LogP contribution in [-0.2, 0) is 0 Å². The molecule has 8 rings (SSSR count). The van der Waals surface area contributed by atoms with E-state index >= 15 is 0 Å². The number of aromatic nitrogens is 2. The average molecular weight is 533 g/mol. The number of thiol groups is 1. The SMILES string of the molecule is CS.c1ccc(-n2c3ccccc3c3cc(-c4cccc(-n5c6ccccc6c6ccccc65)c4)ccc32)cc1. The summed E-state index contributed by atoms with van der Waals surface area (Å²) in [6, 6.07) is 52.5. The molecule has 0 aliphatic rings. The van der Waals surface area contributed by atoms with Crippen LogP contribution in [0.2, 0.25) is 0 Å². The van der Waals surface area contributed by atoms with Gasteiger partial charge in [-0.25, -0.2) is 0 Å². The summed E-state index contributed by atoms with van der Waals surface area (Å²) < 4.78 is 4.75. The van der Waals surface area contributed by atoms with Crippen LogP contribution in [0.3, 0.4) is 0 Å². The molecule has 0 N–H and O–H groups in total. The Balaban J connectivity index is 0.00000130. The van der Waals surface area contributed by atoms with Gasteiger partial charge in [0.1, 0.15) is 0 Å². The Morgan fingerprint density at radius 1 is 0.350 bits per heavy atom. The van der Waals surface area contributed by atoms with Crippen LogP contribution in [0.15, 0.2) is 146 Å². The summed E-state index contributed by atoms with van der Waals surface area (Å²) in [5.41, 5.74) is 9.69. The molecule has 0 fully saturated rings. The van der Waals surface area contributed by atoms with E-state index in [-0.39, 0.29) is 0 Å². The molecule has 3 heteroatoms. The highest BCUT2D eigenvalue weighted by Gasteiger charge is 2.14. The monoisotopic (exact) mass is 532 g/mol. The van der Waals surface area contributed by atoms with Gasteiger partial charge in [0.25, 0.3) is 0 Å². The normalized spacial score (nSPS) is 11.2. The first-order chi connectivity index (χ1) is 19.9. The quantitative estimate of drug-likeness (QED) is 0.217. The summed E-state index contributed by atoms with van der Waals surface area (Å²) in [5.74, 6) is 0. The second-order valence-electron chi connectivity index (χ2n) is 9.84. The maximum Gasteiger partial charge on any atom is 0.0541 e. The summed E-state index contributed by atoms with van der Waals surface area (Å²) in [4.78, 5) is 0. The van der Waals surface area contributed by atoms with Crippen molar-refractivity contribution >= 4 is 56.2 Å². The summed E-state index contributed by atoms with van der Waals surface area (Å²) in [5, 5.41) is 5.10. The van der Waals surface area contributed by atoms with Crippen molar-refractivity contribution in [1.82, 2.24) is 9.13 Å². The van der Waals surface area contributed by atoms with Crippen LogP contribution in [0.1, 0.15) is 0 Å². The van der Waals surface area contributed by atoms with Crippen molar-refractivity contribution in [2.24, 2.45) is 0 Å². The molecule has 0 atom stereocenters. The highest BCUT2D eigenvalue weighted by molar-refractivity contribution is 7.79. The lowest BCUT2D eigenvalue weighted by Crippen LogP contribution is -1.94. The van der Waals surface area contributed by atoms with Crippen molar-refractivity contribution in [2.75, 3.05) is 6.26 Å². The largest absolute Gasteiger partial charge is 0.309 e. The van der Waals surface area contributed by atoms with Crippen LogP contribution in [0, 0.1) is 0 Å². The molecule has 8 aromatic rings. The van der Waals surface area contributed by atoms with Gasteiger partial charge in [0.15, 0.2) is 0 Å². The molecule has 0 radical (unpaired) electrons. The Hall–Kier alpha value is -4.73. The highest BCUT2D eigenvalue weighted by Crippen LogP contribution is 2.36. The molecule has 2 heterocycles. The first-order valence-corrected chi connectivity index (χ1v) is 14.4. The Kier molecular flexibility index (Phi) is 6.14. The first kappa shape index (κ1) is 24.3. The fraction of sp³-hybridized carbons (Fsp3) is 0.0270. The van der Waals surface area contributed by atoms with Crippen LogP contribution in [0.25, 0.3) is 66.1 Å². The first-order valence-electron chi connectivity index (χ1n) is 13.5. The Bertz CT molecular complexity index is 2080. The predicted octanol–water partition coefficient (Wildman–Crippen LogP) is 10.1. The summed E-state index contributed by atoms with van der Waals surface area (Å²) in [6.45, 7) is 0. The molecule has 0 saturated heterocycles. The zero-order chi connectivity index (χ0) is 27.1. The fourth-order valence-electron chi connectivity index (χ4n) is 6.03. The van der Waals surface area contributed by atoms with Crippen LogP contribution >= 0.6 is 12.6 Å². The number of hydrogen-bond donors (Lipinski definition) is 1. The van der Waals surface area contributed by atoms with Crippen molar-refractivity contribution < 1.29 is 0 Å². The van der Waals surface area contributed by atoms with Gasteiger partial charge in [-0.15, -0.1) is 0 Å². The smallest absolute Gasteiger partial charge is 0.0541 e. The van der Waals surface area contributed by atoms with E-state index in [1.165, 1.54) is 66.1 Å². The minimum atomic E-state index is 1.17. The van der Waals surface area contributed by atoms with Gasteiger partial charge in [-0.1, -0.05) is 91.0 Å². The standard InChI is InChI=1S/C36H24N2.CH4S/c1-2-12-27(13-3-1)37-35-20-9-6-17-31(35)32-24-26(21-22-36(32)37)25-11-10-14-28(23-25)38-33-18-7-4-15-29(33)30-16-5-8-19-34(30)38;1-2/h1-24H;2H,1H3.